The van der Waals surface area contributed by atoms with Crippen molar-refractivity contribution in [2.75, 3.05) is 0 Å². The van der Waals surface area contributed by atoms with Crippen molar-refractivity contribution in [3.63, 3.8) is 0 Å². The van der Waals surface area contributed by atoms with Crippen molar-refractivity contribution >= 4 is 17.9 Å². The zero-order valence-electron chi connectivity index (χ0n) is 4.41. The van der Waals surface area contributed by atoms with Crippen molar-refractivity contribution in [1.82, 2.24) is 5.32 Å². The molecule has 0 aromatic rings. The summed E-state index contributed by atoms with van der Waals surface area (Å²) in [7, 11) is 0. The molecule has 0 aliphatic carbocycles. The average molecular weight is 169 g/mol. The van der Waals surface area contributed by atoms with Crippen LogP contribution in [0.3, 0.4) is 0 Å². The molecular weight excluding hydrogens is 169 g/mol. The van der Waals surface area contributed by atoms with Crippen molar-refractivity contribution in [3.05, 3.63) is 10.9 Å². The normalized spacial score (nSPS) is 18.0. The van der Waals surface area contributed by atoms with Gasteiger partial charge in [-0.1, -0.05) is 11.6 Å². The molecule has 0 spiro atoms. The van der Waals surface area contributed by atoms with Crippen LogP contribution < -0.4 is 5.32 Å². The Morgan fingerprint density at radius 1 is 1.40 bits per heavy atom. The second-order valence-electron chi connectivity index (χ2n) is 1.46. The van der Waals surface area contributed by atoms with Gasteiger partial charge in [-0.05, 0) is 0 Å². The lowest BCUT2D eigenvalue weighted by Crippen LogP contribution is -2.10. The summed E-state index contributed by atoms with van der Waals surface area (Å²) in [6.07, 6.45) is -2.77. The van der Waals surface area contributed by atoms with Crippen LogP contribution in [0.2, 0.25) is 0 Å². The highest BCUT2D eigenvalue weighted by atomic mass is 35.5. The van der Waals surface area contributed by atoms with Gasteiger partial charge < -0.3 is 0 Å². The molecule has 1 aliphatic heterocycles. The molecule has 0 saturated heterocycles. The van der Waals surface area contributed by atoms with Gasteiger partial charge in [-0.2, -0.15) is 13.2 Å². The molecule has 1 heterocycles. The summed E-state index contributed by atoms with van der Waals surface area (Å²) in [6, 6.07) is 0. The van der Waals surface area contributed by atoms with Crippen LogP contribution >= 0.6 is 11.6 Å². The lowest BCUT2D eigenvalue weighted by atomic mass is 10.5. The van der Waals surface area contributed by atoms with E-state index in [1.54, 1.807) is 6.34 Å². The third-order valence-electron chi connectivity index (χ3n) is 0.774. The third-order valence-corrected chi connectivity index (χ3v) is 1.04. The first-order chi connectivity index (χ1) is 4.52. The quantitative estimate of drug-likeness (QED) is 0.490. The van der Waals surface area contributed by atoms with Crippen LogP contribution in [-0.2, 0) is 0 Å². The van der Waals surface area contributed by atoms with Gasteiger partial charge in [-0.15, -0.1) is 0 Å². The van der Waals surface area contributed by atoms with Gasteiger partial charge in [0.25, 0.3) is 0 Å². The monoisotopic (exact) mass is 168 g/mol. The van der Waals surface area contributed by atoms with E-state index in [1.807, 2.05) is 0 Å². The van der Waals surface area contributed by atoms with E-state index in [0.29, 0.717) is 0 Å². The zero-order valence-corrected chi connectivity index (χ0v) is 5.16. The zero-order chi connectivity index (χ0) is 7.78. The third kappa shape index (κ3) is 1.23. The van der Waals surface area contributed by atoms with E-state index in [2.05, 4.69) is 10.3 Å². The topological polar surface area (TPSA) is 26.5 Å². The highest BCUT2D eigenvalue weighted by molar-refractivity contribution is 6.30. The number of aliphatic imine (C=N–C) groups is 1. The molecule has 10 heavy (non-hydrogen) atoms. The molecule has 0 unspecified atom stereocenters. The van der Waals surface area contributed by atoms with E-state index >= 15 is 0 Å². The highest BCUT2D eigenvalue weighted by Crippen LogP contribution is 2.31. The number of hydrogen-bond acceptors (Lipinski definition) is 1. The Labute approximate surface area is 59.4 Å². The molecule has 0 bridgehead atoms. The molecule has 1 aliphatic rings. The van der Waals surface area contributed by atoms with E-state index in [0.717, 1.165) is 0 Å². The van der Waals surface area contributed by atoms with Crippen molar-refractivity contribution in [2.24, 2.45) is 4.99 Å². The van der Waals surface area contributed by atoms with Gasteiger partial charge in [0.05, 0.1) is 0 Å². The molecule has 0 fully saturated rings. The van der Waals surface area contributed by atoms with Gasteiger partial charge in [0.2, 0.25) is 0 Å². The van der Waals surface area contributed by atoms with E-state index in [4.69, 9.17) is 11.6 Å². The number of nitrogens with zero attached hydrogens (tertiary/aromatic N) is 2. The second-order valence-corrected chi connectivity index (χ2v) is 1.82. The summed E-state index contributed by atoms with van der Waals surface area (Å²) in [4.78, 5) is 2.79. The van der Waals surface area contributed by atoms with Crippen molar-refractivity contribution < 1.29 is 13.2 Å². The standard InChI is InChI=1S/C4ClF3N2/c5-3-2(4(6,7)8)9-1-10-3. The summed E-state index contributed by atoms with van der Waals surface area (Å²) in [5.74, 6) is 0. The number of hydrogen-bond donors (Lipinski definition) is 0. The van der Waals surface area contributed by atoms with Crippen LogP contribution in [-0.4, -0.2) is 12.5 Å². The maximum absolute atomic E-state index is 11.7. The smallest absolute Gasteiger partial charge is 0.217 e. The summed E-state index contributed by atoms with van der Waals surface area (Å²) in [5.41, 5.74) is -1.19. The maximum Gasteiger partial charge on any atom is 0.436 e. The summed E-state index contributed by atoms with van der Waals surface area (Å²) in [5, 5.41) is 2.33. The Balaban J connectivity index is 2.91. The van der Waals surface area contributed by atoms with Gasteiger partial charge in [-0.3, -0.25) is 0 Å². The van der Waals surface area contributed by atoms with Gasteiger partial charge in [0, 0.05) is 0 Å². The molecule has 0 N–H and O–H groups in total. The molecule has 0 aromatic heterocycles. The Bertz CT molecular complexity index is 205. The number of alkyl halides is 3. The van der Waals surface area contributed by atoms with Crippen LogP contribution in [0.1, 0.15) is 0 Å². The summed E-state index contributed by atoms with van der Waals surface area (Å²) >= 11 is 5.00. The van der Waals surface area contributed by atoms with Crippen LogP contribution in [0.15, 0.2) is 15.8 Å². The fourth-order valence-electron chi connectivity index (χ4n) is 0.398. The number of allylic oxidation sites excluding steroid dienone is 1. The maximum atomic E-state index is 11.7. The molecule has 0 saturated carbocycles. The first kappa shape index (κ1) is 7.40. The van der Waals surface area contributed by atoms with Crippen molar-refractivity contribution in [2.45, 2.75) is 6.18 Å². The minimum absolute atomic E-state index is 0.660. The minimum atomic E-state index is -4.52. The Hall–Kier alpha value is -0.710. The largest absolute Gasteiger partial charge is 0.436 e. The number of halogens is 4. The fraction of sp³-hybridized carbons (Fsp3) is 0.250. The Kier molecular flexibility index (Phi) is 1.60. The first-order valence-electron chi connectivity index (χ1n) is 2.15. The molecule has 0 aromatic carbocycles. The molecular formula is C4ClF3N2. The van der Waals surface area contributed by atoms with E-state index < -0.39 is 17.0 Å². The van der Waals surface area contributed by atoms with Crippen LogP contribution in [0.25, 0.3) is 0 Å². The van der Waals surface area contributed by atoms with E-state index in [-0.39, 0.29) is 0 Å². The lowest BCUT2D eigenvalue weighted by Gasteiger charge is -2.02. The highest BCUT2D eigenvalue weighted by Gasteiger charge is 2.38. The Morgan fingerprint density at radius 2 is 2.00 bits per heavy atom. The van der Waals surface area contributed by atoms with Gasteiger partial charge >= 0.3 is 6.18 Å². The molecule has 2 radical (unpaired) electrons. The first-order valence-corrected chi connectivity index (χ1v) is 2.53. The van der Waals surface area contributed by atoms with Crippen LogP contribution in [0.4, 0.5) is 13.2 Å². The predicted molar refractivity (Wildman–Crippen MR) is 28.5 cm³/mol. The molecule has 1 rings (SSSR count). The second kappa shape index (κ2) is 2.16. The minimum Gasteiger partial charge on any atom is -0.217 e. The van der Waals surface area contributed by atoms with Crippen molar-refractivity contribution in [3.8, 4) is 0 Å². The Morgan fingerprint density at radius 3 is 2.20 bits per heavy atom. The van der Waals surface area contributed by atoms with Gasteiger partial charge in [-0.25, -0.2) is 10.3 Å². The van der Waals surface area contributed by atoms with E-state index in [9.17, 15) is 13.2 Å². The average Bonchev–Trinajstić information content (AvgIpc) is 2.11. The van der Waals surface area contributed by atoms with Gasteiger partial charge in [0.15, 0.2) is 17.2 Å². The fourth-order valence-corrected chi connectivity index (χ4v) is 0.586. The lowest BCUT2D eigenvalue weighted by molar-refractivity contribution is -0.0924. The number of rotatable bonds is 0. The van der Waals surface area contributed by atoms with Crippen LogP contribution in [0, 0.1) is 0 Å². The molecule has 0 atom stereocenters. The van der Waals surface area contributed by atoms with E-state index in [1.165, 1.54) is 0 Å². The predicted octanol–water partition coefficient (Wildman–Crippen LogP) is 1.48. The molecule has 54 valence electrons. The molecule has 0 amide bonds. The van der Waals surface area contributed by atoms with Crippen LogP contribution in [0.5, 0.6) is 0 Å². The SMILES string of the molecule is FC(F)(F)C1=C(Cl)[N][C]=N1. The molecule has 2 nitrogen and oxygen atoms in total. The molecule has 6 heteroatoms. The summed E-state index contributed by atoms with van der Waals surface area (Å²) < 4.78 is 35.0. The summed E-state index contributed by atoms with van der Waals surface area (Å²) in [6.45, 7) is 0. The van der Waals surface area contributed by atoms with Gasteiger partial charge in [0.1, 0.15) is 0 Å². The van der Waals surface area contributed by atoms with Crippen molar-refractivity contribution in [1.29, 1.82) is 0 Å².